The first-order chi connectivity index (χ1) is 8.26. The fourth-order valence-corrected chi connectivity index (χ4v) is 1.69. The van der Waals surface area contributed by atoms with Crippen molar-refractivity contribution in [1.29, 1.82) is 0 Å². The van der Waals surface area contributed by atoms with Gasteiger partial charge in [0.15, 0.2) is 0 Å². The van der Waals surface area contributed by atoms with Crippen LogP contribution in [0.1, 0.15) is 5.69 Å². The lowest BCUT2D eigenvalue weighted by Gasteiger charge is -2.09. The largest absolute Gasteiger partial charge is 0.497 e. The van der Waals surface area contributed by atoms with E-state index >= 15 is 0 Å². The number of nitrogens with zero attached hydrogens (tertiary/aromatic N) is 1. The van der Waals surface area contributed by atoms with Crippen LogP contribution in [0.5, 0.6) is 5.75 Å². The number of pyridine rings is 1. The maximum Gasteiger partial charge on any atom is 0.134 e. The number of nitrogens with two attached hydrogens (primary N) is 1. The standard InChI is InChI=1S/C13H13FN2O/c1-17-9-4-5-10(12(14)7-9)11-3-2-6-16-13(11)8-15/h2-7H,8,15H2,1H3. The molecule has 4 heteroatoms. The van der Waals surface area contributed by atoms with E-state index in [1.807, 2.05) is 0 Å². The fourth-order valence-electron chi connectivity index (χ4n) is 1.69. The van der Waals surface area contributed by atoms with E-state index in [1.54, 1.807) is 30.5 Å². The van der Waals surface area contributed by atoms with E-state index in [2.05, 4.69) is 4.98 Å². The molecule has 0 atom stereocenters. The third-order valence-electron chi connectivity index (χ3n) is 2.55. The van der Waals surface area contributed by atoms with Gasteiger partial charge in [-0.1, -0.05) is 6.07 Å². The van der Waals surface area contributed by atoms with Gasteiger partial charge >= 0.3 is 0 Å². The summed E-state index contributed by atoms with van der Waals surface area (Å²) < 4.78 is 18.9. The Labute approximate surface area is 99.1 Å². The van der Waals surface area contributed by atoms with Gasteiger partial charge in [0.2, 0.25) is 0 Å². The summed E-state index contributed by atoms with van der Waals surface area (Å²) in [5.74, 6) is 0.150. The topological polar surface area (TPSA) is 48.1 Å². The molecule has 2 aromatic rings. The zero-order valence-corrected chi connectivity index (χ0v) is 9.48. The molecule has 0 aliphatic rings. The summed E-state index contributed by atoms with van der Waals surface area (Å²) in [6.07, 6.45) is 1.65. The Morgan fingerprint density at radius 1 is 1.29 bits per heavy atom. The Kier molecular flexibility index (Phi) is 3.35. The second-order valence-electron chi connectivity index (χ2n) is 3.55. The average molecular weight is 232 g/mol. The van der Waals surface area contributed by atoms with Crippen LogP contribution in [0.15, 0.2) is 36.5 Å². The van der Waals surface area contributed by atoms with Gasteiger partial charge in [-0.05, 0) is 18.2 Å². The van der Waals surface area contributed by atoms with Gasteiger partial charge in [0.1, 0.15) is 11.6 Å². The third-order valence-corrected chi connectivity index (χ3v) is 2.55. The van der Waals surface area contributed by atoms with Gasteiger partial charge < -0.3 is 10.5 Å². The highest BCUT2D eigenvalue weighted by Gasteiger charge is 2.10. The average Bonchev–Trinajstić information content (AvgIpc) is 2.38. The summed E-state index contributed by atoms with van der Waals surface area (Å²) >= 11 is 0. The van der Waals surface area contributed by atoms with Gasteiger partial charge in [-0.3, -0.25) is 4.98 Å². The predicted octanol–water partition coefficient (Wildman–Crippen LogP) is 2.35. The van der Waals surface area contributed by atoms with Crippen LogP contribution in [0.25, 0.3) is 11.1 Å². The predicted molar refractivity (Wildman–Crippen MR) is 64.1 cm³/mol. The van der Waals surface area contributed by atoms with Crippen molar-refractivity contribution in [3.63, 3.8) is 0 Å². The lowest BCUT2D eigenvalue weighted by molar-refractivity contribution is 0.411. The van der Waals surface area contributed by atoms with Crippen LogP contribution in [-0.4, -0.2) is 12.1 Å². The van der Waals surface area contributed by atoms with E-state index in [9.17, 15) is 4.39 Å². The first-order valence-corrected chi connectivity index (χ1v) is 5.24. The molecular formula is C13H13FN2O. The van der Waals surface area contributed by atoms with Crippen molar-refractivity contribution in [2.24, 2.45) is 5.73 Å². The number of hydrogen-bond acceptors (Lipinski definition) is 3. The molecule has 0 unspecified atom stereocenters. The number of aromatic nitrogens is 1. The van der Waals surface area contributed by atoms with Gasteiger partial charge in [-0.2, -0.15) is 0 Å². The quantitative estimate of drug-likeness (QED) is 0.883. The first-order valence-electron chi connectivity index (χ1n) is 5.24. The molecule has 2 rings (SSSR count). The summed E-state index contributed by atoms with van der Waals surface area (Å²) in [4.78, 5) is 4.13. The van der Waals surface area contributed by atoms with E-state index in [4.69, 9.17) is 10.5 Å². The van der Waals surface area contributed by atoms with Crippen LogP contribution in [-0.2, 0) is 6.54 Å². The highest BCUT2D eigenvalue weighted by molar-refractivity contribution is 5.67. The molecule has 0 amide bonds. The molecule has 0 fully saturated rings. The van der Waals surface area contributed by atoms with Crippen molar-refractivity contribution < 1.29 is 9.13 Å². The number of rotatable bonds is 3. The van der Waals surface area contributed by atoms with Gasteiger partial charge in [-0.25, -0.2) is 4.39 Å². The number of benzene rings is 1. The van der Waals surface area contributed by atoms with Crippen LogP contribution < -0.4 is 10.5 Å². The Bertz CT molecular complexity index is 529. The summed E-state index contributed by atoms with van der Waals surface area (Å²) in [5, 5.41) is 0. The van der Waals surface area contributed by atoms with Gasteiger partial charge in [-0.15, -0.1) is 0 Å². The Morgan fingerprint density at radius 2 is 2.12 bits per heavy atom. The van der Waals surface area contributed by atoms with Gasteiger partial charge in [0.05, 0.1) is 12.8 Å². The molecule has 0 radical (unpaired) electrons. The van der Waals surface area contributed by atoms with E-state index in [0.29, 0.717) is 17.0 Å². The van der Waals surface area contributed by atoms with E-state index in [1.165, 1.54) is 13.2 Å². The molecule has 0 saturated carbocycles. The second-order valence-corrected chi connectivity index (χ2v) is 3.55. The molecule has 1 heterocycles. The Balaban J connectivity index is 2.53. The van der Waals surface area contributed by atoms with Crippen molar-refractivity contribution in [1.82, 2.24) is 4.98 Å². The number of methoxy groups -OCH3 is 1. The number of hydrogen-bond donors (Lipinski definition) is 1. The van der Waals surface area contributed by atoms with Gasteiger partial charge in [0.25, 0.3) is 0 Å². The summed E-state index contributed by atoms with van der Waals surface area (Å²) in [6, 6.07) is 8.30. The van der Waals surface area contributed by atoms with Crippen LogP contribution in [0.2, 0.25) is 0 Å². The van der Waals surface area contributed by atoms with Crippen LogP contribution in [0.3, 0.4) is 0 Å². The fraction of sp³-hybridized carbons (Fsp3) is 0.154. The maximum atomic E-state index is 13.9. The van der Waals surface area contributed by atoms with Crippen LogP contribution >= 0.6 is 0 Å². The summed E-state index contributed by atoms with van der Waals surface area (Å²) in [5.41, 5.74) is 7.47. The molecule has 0 spiro atoms. The minimum absolute atomic E-state index is 0.279. The minimum atomic E-state index is -0.341. The minimum Gasteiger partial charge on any atom is -0.497 e. The van der Waals surface area contributed by atoms with Gasteiger partial charge in [0, 0.05) is 29.9 Å². The number of halogens is 1. The molecule has 0 saturated heterocycles. The molecule has 1 aromatic heterocycles. The zero-order valence-electron chi connectivity index (χ0n) is 9.48. The number of ether oxygens (including phenoxy) is 1. The molecule has 0 bridgehead atoms. The van der Waals surface area contributed by atoms with Crippen molar-refractivity contribution in [2.45, 2.75) is 6.54 Å². The lowest BCUT2D eigenvalue weighted by Crippen LogP contribution is -2.02. The van der Waals surface area contributed by atoms with Crippen molar-refractivity contribution in [3.8, 4) is 16.9 Å². The Morgan fingerprint density at radius 3 is 2.76 bits per heavy atom. The Hall–Kier alpha value is -1.94. The molecule has 17 heavy (non-hydrogen) atoms. The maximum absolute atomic E-state index is 13.9. The van der Waals surface area contributed by atoms with E-state index < -0.39 is 0 Å². The third kappa shape index (κ3) is 2.26. The van der Waals surface area contributed by atoms with Crippen molar-refractivity contribution in [3.05, 3.63) is 48.0 Å². The SMILES string of the molecule is COc1ccc(-c2cccnc2CN)c(F)c1. The molecule has 0 aliphatic heterocycles. The summed E-state index contributed by atoms with van der Waals surface area (Å²) in [6.45, 7) is 0.279. The highest BCUT2D eigenvalue weighted by atomic mass is 19.1. The molecule has 88 valence electrons. The van der Waals surface area contributed by atoms with Crippen LogP contribution in [0, 0.1) is 5.82 Å². The van der Waals surface area contributed by atoms with Crippen molar-refractivity contribution in [2.75, 3.05) is 7.11 Å². The normalized spacial score (nSPS) is 10.3. The molecular weight excluding hydrogens is 219 g/mol. The second kappa shape index (κ2) is 4.93. The lowest BCUT2D eigenvalue weighted by atomic mass is 10.0. The smallest absolute Gasteiger partial charge is 0.134 e. The van der Waals surface area contributed by atoms with E-state index in [-0.39, 0.29) is 12.4 Å². The first kappa shape index (κ1) is 11.5. The molecule has 3 nitrogen and oxygen atoms in total. The molecule has 2 N–H and O–H groups in total. The van der Waals surface area contributed by atoms with E-state index in [0.717, 1.165) is 5.56 Å². The van der Waals surface area contributed by atoms with Crippen molar-refractivity contribution >= 4 is 0 Å². The monoisotopic (exact) mass is 232 g/mol. The zero-order chi connectivity index (χ0) is 12.3. The summed E-state index contributed by atoms with van der Waals surface area (Å²) in [7, 11) is 1.50. The highest BCUT2D eigenvalue weighted by Crippen LogP contribution is 2.27. The molecule has 0 aliphatic carbocycles. The molecule has 1 aromatic carbocycles. The van der Waals surface area contributed by atoms with Crippen LogP contribution in [0.4, 0.5) is 4.39 Å².